The van der Waals surface area contributed by atoms with Gasteiger partial charge in [-0.2, -0.15) is 0 Å². The molecule has 8 heteroatoms. The average Bonchev–Trinajstić information content (AvgIpc) is 2.82. The van der Waals surface area contributed by atoms with Gasteiger partial charge in [-0.1, -0.05) is 5.21 Å². The summed E-state index contributed by atoms with van der Waals surface area (Å²) in [5.74, 6) is -0.259. The van der Waals surface area contributed by atoms with Gasteiger partial charge in [0.2, 0.25) is 0 Å². The highest BCUT2D eigenvalue weighted by Gasteiger charge is 2.43. The predicted molar refractivity (Wildman–Crippen MR) is 69.6 cm³/mol. The van der Waals surface area contributed by atoms with Crippen molar-refractivity contribution in [3.8, 4) is 0 Å². The molecule has 0 radical (unpaired) electrons. The number of carbonyl (C=O) groups excluding carboxylic acids is 2. The first-order chi connectivity index (χ1) is 9.11. The van der Waals surface area contributed by atoms with Crippen molar-refractivity contribution in [3.05, 3.63) is 11.9 Å². The highest BCUT2D eigenvalue weighted by atomic mass is 16.3. The summed E-state index contributed by atoms with van der Waals surface area (Å²) in [5, 5.41) is 20.1. The number of carbonyl (C=O) groups is 2. The van der Waals surface area contributed by atoms with Crippen molar-refractivity contribution in [2.75, 3.05) is 6.54 Å². The maximum atomic E-state index is 12.0. The molecule has 0 aliphatic carbocycles. The number of aliphatic hydroxyl groups is 1. The number of rotatable bonds is 4. The monoisotopic (exact) mass is 281 g/mol. The predicted octanol–water partition coefficient (Wildman–Crippen LogP) is -0.164. The quantitative estimate of drug-likeness (QED) is 0.747. The van der Waals surface area contributed by atoms with E-state index in [1.807, 2.05) is 0 Å². The van der Waals surface area contributed by atoms with Gasteiger partial charge in [0.05, 0.1) is 19.3 Å². The third-order valence-corrected chi connectivity index (χ3v) is 3.16. The Labute approximate surface area is 116 Å². The summed E-state index contributed by atoms with van der Waals surface area (Å²) in [4.78, 5) is 24.8. The topological polar surface area (TPSA) is 100 Å². The molecule has 2 rings (SSSR count). The van der Waals surface area contributed by atoms with Crippen LogP contribution in [0.15, 0.2) is 6.20 Å². The summed E-state index contributed by atoms with van der Waals surface area (Å²) >= 11 is 0. The highest BCUT2D eigenvalue weighted by molar-refractivity contribution is 6.06. The molecular formula is C12H19N5O3. The lowest BCUT2D eigenvalue weighted by Crippen LogP contribution is -2.40. The van der Waals surface area contributed by atoms with Crippen molar-refractivity contribution in [2.24, 2.45) is 0 Å². The van der Waals surface area contributed by atoms with E-state index >= 15 is 0 Å². The lowest BCUT2D eigenvalue weighted by atomic mass is 10.1. The lowest BCUT2D eigenvalue weighted by molar-refractivity contribution is -0.130. The van der Waals surface area contributed by atoms with E-state index < -0.39 is 17.2 Å². The summed E-state index contributed by atoms with van der Waals surface area (Å²) in [6.45, 7) is 7.09. The number of aromatic nitrogens is 3. The van der Waals surface area contributed by atoms with Gasteiger partial charge in [0, 0.05) is 0 Å². The van der Waals surface area contributed by atoms with Gasteiger partial charge in [-0.05, 0) is 27.7 Å². The molecule has 1 aromatic heterocycles. The van der Waals surface area contributed by atoms with Crippen molar-refractivity contribution >= 4 is 11.9 Å². The van der Waals surface area contributed by atoms with Gasteiger partial charge in [0.1, 0.15) is 16.8 Å². The highest BCUT2D eigenvalue weighted by Crippen LogP contribution is 2.17. The Morgan fingerprint density at radius 2 is 2.00 bits per heavy atom. The minimum Gasteiger partial charge on any atom is -0.384 e. The fourth-order valence-electron chi connectivity index (χ4n) is 1.91. The molecule has 0 aromatic carbocycles. The third kappa shape index (κ3) is 2.64. The Balaban J connectivity index is 2.01. The number of hydrogen-bond acceptors (Lipinski definition) is 5. The zero-order valence-corrected chi connectivity index (χ0v) is 12.0. The van der Waals surface area contributed by atoms with Gasteiger partial charge < -0.3 is 10.4 Å². The molecule has 1 aromatic rings. The molecule has 8 nitrogen and oxygen atoms in total. The molecular weight excluding hydrogens is 262 g/mol. The van der Waals surface area contributed by atoms with Gasteiger partial charge in [-0.3, -0.25) is 14.4 Å². The number of amides is 3. The Morgan fingerprint density at radius 1 is 1.35 bits per heavy atom. The Bertz CT molecular complexity index is 544. The van der Waals surface area contributed by atoms with E-state index in [-0.39, 0.29) is 12.5 Å². The summed E-state index contributed by atoms with van der Waals surface area (Å²) in [5.41, 5.74) is -1.49. The maximum Gasteiger partial charge on any atom is 0.325 e. The molecule has 0 saturated carbocycles. The Hall–Kier alpha value is -1.96. The number of nitrogens with one attached hydrogen (secondary N) is 1. The first kappa shape index (κ1) is 14.4. The van der Waals surface area contributed by atoms with E-state index in [4.69, 9.17) is 0 Å². The summed E-state index contributed by atoms with van der Waals surface area (Å²) in [7, 11) is 0. The van der Waals surface area contributed by atoms with Crippen molar-refractivity contribution in [1.82, 2.24) is 25.2 Å². The molecule has 1 fully saturated rings. The van der Waals surface area contributed by atoms with Crippen LogP contribution in [0.5, 0.6) is 0 Å². The zero-order valence-electron chi connectivity index (χ0n) is 12.0. The molecule has 0 spiro atoms. The molecule has 3 amide bonds. The minimum atomic E-state index is -1.07. The molecule has 1 saturated heterocycles. The summed E-state index contributed by atoms with van der Waals surface area (Å²) < 4.78 is 1.50. The summed E-state index contributed by atoms with van der Waals surface area (Å²) in [6.07, 6.45) is 1.60. The normalized spacial score (nSPS) is 18.6. The smallest absolute Gasteiger partial charge is 0.325 e. The second kappa shape index (κ2) is 4.55. The molecule has 1 aliphatic rings. The van der Waals surface area contributed by atoms with E-state index in [0.29, 0.717) is 12.2 Å². The van der Waals surface area contributed by atoms with Gasteiger partial charge in [-0.15, -0.1) is 5.10 Å². The zero-order chi connectivity index (χ0) is 15.1. The van der Waals surface area contributed by atoms with Crippen molar-refractivity contribution < 1.29 is 14.7 Å². The van der Waals surface area contributed by atoms with Crippen LogP contribution in [0.1, 0.15) is 33.4 Å². The van der Waals surface area contributed by atoms with Crippen molar-refractivity contribution in [3.63, 3.8) is 0 Å². The van der Waals surface area contributed by atoms with Crippen LogP contribution in [0.2, 0.25) is 0 Å². The van der Waals surface area contributed by atoms with E-state index in [9.17, 15) is 14.7 Å². The molecule has 0 unspecified atom stereocenters. The molecule has 110 valence electrons. The van der Waals surface area contributed by atoms with Gasteiger partial charge >= 0.3 is 6.03 Å². The third-order valence-electron chi connectivity index (χ3n) is 3.16. The molecule has 1 aliphatic heterocycles. The van der Waals surface area contributed by atoms with Crippen LogP contribution >= 0.6 is 0 Å². The molecule has 0 bridgehead atoms. The van der Waals surface area contributed by atoms with Crippen LogP contribution < -0.4 is 5.32 Å². The van der Waals surface area contributed by atoms with Gasteiger partial charge in [0.25, 0.3) is 5.91 Å². The molecule has 2 N–H and O–H groups in total. The van der Waals surface area contributed by atoms with Gasteiger partial charge in [0.15, 0.2) is 0 Å². The number of hydrogen-bond donors (Lipinski definition) is 2. The van der Waals surface area contributed by atoms with Gasteiger partial charge in [-0.25, -0.2) is 4.79 Å². The second-order valence-corrected chi connectivity index (χ2v) is 5.94. The van der Waals surface area contributed by atoms with Crippen LogP contribution in [0.25, 0.3) is 0 Å². The Kier molecular flexibility index (Phi) is 3.29. The number of urea groups is 1. The standard InChI is InChI=1S/C12H19N5O3/c1-11(2)9(18)17(10(19)13-11)6-5-16-7-8(14-15-16)12(3,4)20/h7,20H,5-6H2,1-4H3,(H,13,19). The van der Waals surface area contributed by atoms with Crippen LogP contribution in [0, 0.1) is 0 Å². The van der Waals surface area contributed by atoms with E-state index in [1.54, 1.807) is 33.9 Å². The van der Waals surface area contributed by atoms with E-state index in [0.717, 1.165) is 4.90 Å². The van der Waals surface area contributed by atoms with Crippen LogP contribution in [-0.2, 0) is 16.9 Å². The fraction of sp³-hybridized carbons (Fsp3) is 0.667. The number of imide groups is 1. The fourth-order valence-corrected chi connectivity index (χ4v) is 1.91. The minimum absolute atomic E-state index is 0.211. The van der Waals surface area contributed by atoms with Crippen LogP contribution in [0.4, 0.5) is 4.79 Å². The molecule has 2 heterocycles. The molecule has 20 heavy (non-hydrogen) atoms. The van der Waals surface area contributed by atoms with E-state index in [1.165, 1.54) is 4.68 Å². The Morgan fingerprint density at radius 3 is 2.45 bits per heavy atom. The van der Waals surface area contributed by atoms with E-state index in [2.05, 4.69) is 15.6 Å². The van der Waals surface area contributed by atoms with Crippen molar-refractivity contribution in [1.29, 1.82) is 0 Å². The average molecular weight is 281 g/mol. The number of nitrogens with zero attached hydrogens (tertiary/aromatic N) is 4. The van der Waals surface area contributed by atoms with Crippen molar-refractivity contribution in [2.45, 2.75) is 45.4 Å². The lowest BCUT2D eigenvalue weighted by Gasteiger charge is -2.15. The SMILES string of the molecule is CC1(C)NC(=O)N(CCn2cc(C(C)(C)O)nn2)C1=O. The summed E-state index contributed by atoms with van der Waals surface area (Å²) in [6, 6.07) is -0.400. The van der Waals surface area contributed by atoms with Crippen LogP contribution in [0.3, 0.4) is 0 Å². The first-order valence-corrected chi connectivity index (χ1v) is 6.38. The molecule has 0 atom stereocenters. The maximum absolute atomic E-state index is 12.0. The first-order valence-electron chi connectivity index (χ1n) is 6.38. The van der Waals surface area contributed by atoms with Crippen LogP contribution in [-0.4, -0.2) is 49.0 Å². The second-order valence-electron chi connectivity index (χ2n) is 5.94. The largest absolute Gasteiger partial charge is 0.384 e.